The van der Waals surface area contributed by atoms with Crippen LogP contribution in [0.2, 0.25) is 0 Å². The predicted molar refractivity (Wildman–Crippen MR) is 112 cm³/mol. The maximum absolute atomic E-state index is 14.2. The number of rotatable bonds is 8. The highest BCUT2D eigenvalue weighted by molar-refractivity contribution is 7.85. The largest absolute Gasteiger partial charge is 0.472 e. The molecule has 2 rings (SSSR count). The Morgan fingerprint density at radius 3 is 2.44 bits per heavy atom. The van der Waals surface area contributed by atoms with Gasteiger partial charge >= 0.3 is 11.9 Å². The lowest BCUT2D eigenvalue weighted by Gasteiger charge is -2.21. The summed E-state index contributed by atoms with van der Waals surface area (Å²) in [5.41, 5.74) is -0.416. The molecule has 0 unspecified atom stereocenters. The second-order valence-corrected chi connectivity index (χ2v) is 8.53. The molecule has 0 spiro atoms. The van der Waals surface area contributed by atoms with Crippen LogP contribution < -0.4 is 4.74 Å². The summed E-state index contributed by atoms with van der Waals surface area (Å²) >= 11 is 0. The molecule has 2 aromatic carbocycles. The molecule has 0 atom stereocenters. The minimum absolute atomic E-state index is 0.0843. The number of carbonyl (C=O) groups is 2. The number of hydrogen-bond donors (Lipinski definition) is 1. The van der Waals surface area contributed by atoms with Gasteiger partial charge in [-0.05, 0) is 44.2 Å². The molecule has 1 N–H and O–H groups in total. The fourth-order valence-electron chi connectivity index (χ4n) is 2.26. The van der Waals surface area contributed by atoms with Crippen LogP contribution in [0.15, 0.2) is 48.5 Å². The van der Waals surface area contributed by atoms with Crippen LogP contribution in [0.5, 0.6) is 5.75 Å². The van der Waals surface area contributed by atoms with Gasteiger partial charge in [-0.25, -0.2) is 14.0 Å². The van der Waals surface area contributed by atoms with Gasteiger partial charge in [0.05, 0.1) is 5.56 Å². The third kappa shape index (κ3) is 8.75. The van der Waals surface area contributed by atoms with Gasteiger partial charge in [0.25, 0.3) is 10.1 Å². The van der Waals surface area contributed by atoms with Gasteiger partial charge in [-0.1, -0.05) is 30.0 Å². The van der Waals surface area contributed by atoms with Gasteiger partial charge in [0.2, 0.25) is 0 Å². The predicted octanol–water partition coefficient (Wildman–Crippen LogP) is 2.62. The molecule has 0 saturated carbocycles. The Morgan fingerprint density at radius 2 is 1.78 bits per heavy atom. The Balaban J connectivity index is 1.99. The van der Waals surface area contributed by atoms with Gasteiger partial charge in [0.1, 0.15) is 12.4 Å². The maximum Gasteiger partial charge on any atom is 0.344 e. The van der Waals surface area contributed by atoms with Gasteiger partial charge < -0.3 is 14.2 Å². The summed E-state index contributed by atoms with van der Waals surface area (Å²) in [6.45, 7) is 1.88. The van der Waals surface area contributed by atoms with E-state index < -0.39 is 52.4 Å². The number of ether oxygens (including phenoxy) is 3. The summed E-state index contributed by atoms with van der Waals surface area (Å²) < 4.78 is 58.8. The minimum Gasteiger partial charge on any atom is -0.472 e. The molecule has 0 aliphatic rings. The van der Waals surface area contributed by atoms with Crippen molar-refractivity contribution in [3.63, 3.8) is 0 Å². The molecule has 0 amide bonds. The second kappa shape index (κ2) is 10.7. The molecule has 0 heterocycles. The molecule has 0 fully saturated rings. The van der Waals surface area contributed by atoms with Crippen molar-refractivity contribution in [1.82, 2.24) is 0 Å². The summed E-state index contributed by atoms with van der Waals surface area (Å²) in [5.74, 6) is 2.12. The molecule has 8 nitrogen and oxygen atoms in total. The summed E-state index contributed by atoms with van der Waals surface area (Å²) in [6.07, 6.45) is 0. The molecule has 0 aliphatic heterocycles. The Hall–Kier alpha value is -3.42. The summed E-state index contributed by atoms with van der Waals surface area (Å²) in [6, 6.07) is 12.4. The molecule has 0 aliphatic carbocycles. The van der Waals surface area contributed by atoms with Gasteiger partial charge in [0, 0.05) is 5.56 Å². The minimum atomic E-state index is -4.28. The van der Waals surface area contributed by atoms with Crippen LogP contribution in [0.1, 0.15) is 29.8 Å². The zero-order chi connectivity index (χ0) is 23.8. The first-order valence-corrected chi connectivity index (χ1v) is 10.9. The van der Waals surface area contributed by atoms with Crippen molar-refractivity contribution in [2.75, 3.05) is 19.0 Å². The summed E-state index contributed by atoms with van der Waals surface area (Å²) in [7, 11) is -4.28. The van der Waals surface area contributed by atoms with Crippen LogP contribution in [0.25, 0.3) is 0 Å². The maximum atomic E-state index is 14.2. The molecule has 10 heteroatoms. The molecule has 32 heavy (non-hydrogen) atoms. The van der Waals surface area contributed by atoms with Crippen molar-refractivity contribution < 1.29 is 41.2 Å². The van der Waals surface area contributed by atoms with Gasteiger partial charge in [-0.3, -0.25) is 4.55 Å². The second-order valence-electron chi connectivity index (χ2n) is 6.96. The van der Waals surface area contributed by atoms with E-state index in [1.807, 2.05) is 30.3 Å². The van der Waals surface area contributed by atoms with Crippen LogP contribution >= 0.6 is 0 Å². The van der Waals surface area contributed by atoms with Gasteiger partial charge in [0.15, 0.2) is 23.8 Å². The average molecular weight is 464 g/mol. The summed E-state index contributed by atoms with van der Waals surface area (Å²) in [5, 5.41) is 0. The van der Waals surface area contributed by atoms with E-state index in [1.54, 1.807) is 13.8 Å². The van der Waals surface area contributed by atoms with Crippen molar-refractivity contribution in [2.45, 2.75) is 19.4 Å². The Kier molecular flexibility index (Phi) is 8.34. The van der Waals surface area contributed by atoms with Crippen LogP contribution in [-0.2, 0) is 24.4 Å². The smallest absolute Gasteiger partial charge is 0.344 e. The zero-order valence-electron chi connectivity index (χ0n) is 17.3. The molecule has 0 bridgehead atoms. The number of halogens is 1. The third-order valence-electron chi connectivity index (χ3n) is 3.74. The standard InChI is InChI=1S/C22H21FO8S/c1-22(2,11-10-16-6-4-3-5-7-16)31-19-14-17(8-9-18(19)23)21(25)30-15-20(24)29-12-13-32(26,27)28/h3-9,14H,12-13,15H2,1-2H3,(H,26,27,28). The van der Waals surface area contributed by atoms with E-state index >= 15 is 0 Å². The van der Waals surface area contributed by atoms with E-state index in [0.29, 0.717) is 0 Å². The molecule has 2 aromatic rings. The van der Waals surface area contributed by atoms with Crippen LogP contribution in [0.4, 0.5) is 4.39 Å². The van der Waals surface area contributed by atoms with Crippen LogP contribution in [0, 0.1) is 17.7 Å². The molecule has 0 aromatic heterocycles. The number of esters is 2. The Morgan fingerprint density at radius 1 is 1.09 bits per heavy atom. The Bertz CT molecular complexity index is 1130. The highest BCUT2D eigenvalue weighted by Gasteiger charge is 2.21. The lowest BCUT2D eigenvalue weighted by molar-refractivity contribution is -0.146. The topological polar surface area (TPSA) is 116 Å². The molecule has 170 valence electrons. The fourth-order valence-corrected chi connectivity index (χ4v) is 2.56. The first-order chi connectivity index (χ1) is 15.0. The van der Waals surface area contributed by atoms with E-state index in [0.717, 1.165) is 23.8 Å². The van der Waals surface area contributed by atoms with Crippen molar-refractivity contribution >= 4 is 22.1 Å². The summed E-state index contributed by atoms with van der Waals surface area (Å²) in [4.78, 5) is 23.6. The van der Waals surface area contributed by atoms with Crippen LogP contribution in [-0.4, -0.2) is 49.5 Å². The van der Waals surface area contributed by atoms with E-state index in [4.69, 9.17) is 14.0 Å². The Labute approximate surface area is 185 Å². The molecular weight excluding hydrogens is 443 g/mol. The highest BCUT2D eigenvalue weighted by atomic mass is 32.2. The van der Waals surface area contributed by atoms with E-state index in [9.17, 15) is 22.4 Å². The van der Waals surface area contributed by atoms with Crippen molar-refractivity contribution in [3.05, 3.63) is 65.5 Å². The lowest BCUT2D eigenvalue weighted by Crippen LogP contribution is -2.26. The van der Waals surface area contributed by atoms with Gasteiger partial charge in [-0.15, -0.1) is 0 Å². The SMILES string of the molecule is CC(C)(C#Cc1ccccc1)Oc1cc(C(=O)OCC(=O)OCCS(=O)(=O)O)ccc1F. The molecular formula is C22H21FO8S. The number of benzene rings is 2. The van der Waals surface area contributed by atoms with E-state index in [-0.39, 0.29) is 11.3 Å². The molecule has 0 radical (unpaired) electrons. The highest BCUT2D eigenvalue weighted by Crippen LogP contribution is 2.24. The van der Waals surface area contributed by atoms with Crippen LogP contribution in [0.3, 0.4) is 0 Å². The van der Waals surface area contributed by atoms with Gasteiger partial charge in [-0.2, -0.15) is 8.42 Å². The first-order valence-electron chi connectivity index (χ1n) is 9.30. The van der Waals surface area contributed by atoms with Crippen molar-refractivity contribution in [1.29, 1.82) is 0 Å². The zero-order valence-corrected chi connectivity index (χ0v) is 18.1. The van der Waals surface area contributed by atoms with E-state index in [2.05, 4.69) is 16.6 Å². The third-order valence-corrected chi connectivity index (χ3v) is 4.42. The normalized spacial score (nSPS) is 11.1. The fraction of sp³-hybridized carbons (Fsp3) is 0.273. The number of hydrogen-bond acceptors (Lipinski definition) is 7. The number of carbonyl (C=O) groups excluding carboxylic acids is 2. The van der Waals surface area contributed by atoms with Crippen molar-refractivity contribution in [3.8, 4) is 17.6 Å². The quantitative estimate of drug-likeness (QED) is 0.360. The van der Waals surface area contributed by atoms with Crippen molar-refractivity contribution in [2.24, 2.45) is 0 Å². The van der Waals surface area contributed by atoms with E-state index in [1.165, 1.54) is 0 Å². The average Bonchev–Trinajstić information content (AvgIpc) is 2.72. The first kappa shape index (κ1) is 24.8. The lowest BCUT2D eigenvalue weighted by atomic mass is 10.1. The molecule has 0 saturated heterocycles. The monoisotopic (exact) mass is 464 g/mol.